The molecule has 0 fully saturated rings. The van der Waals surface area contributed by atoms with Gasteiger partial charge in [-0.2, -0.15) is 0 Å². The Kier molecular flexibility index (Phi) is 9.76. The summed E-state index contributed by atoms with van der Waals surface area (Å²) in [5.74, 6) is 1.39. The Hall–Kier alpha value is 0.0938. The van der Waals surface area contributed by atoms with Crippen LogP contribution in [0.5, 0.6) is 0 Å². The zero-order valence-corrected chi connectivity index (χ0v) is 22.8. The van der Waals surface area contributed by atoms with E-state index in [0.29, 0.717) is 17.8 Å². The number of rotatable bonds is 10. The molecule has 0 aliphatic rings. The Balaban J connectivity index is 5.06. The van der Waals surface area contributed by atoms with Crippen molar-refractivity contribution in [2.75, 3.05) is 6.61 Å². The van der Waals surface area contributed by atoms with Gasteiger partial charge in [-0.25, -0.2) is 0 Å². The van der Waals surface area contributed by atoms with Gasteiger partial charge >= 0.3 is 0 Å². The van der Waals surface area contributed by atoms with Gasteiger partial charge in [0, 0.05) is 6.61 Å². The van der Waals surface area contributed by atoms with E-state index >= 15 is 0 Å². The smallest absolute Gasteiger partial charge is 0.192 e. The Morgan fingerprint density at radius 1 is 0.852 bits per heavy atom. The molecule has 162 valence electrons. The topological polar surface area (TPSA) is 18.5 Å². The number of hydrogen-bond donors (Lipinski definition) is 0. The summed E-state index contributed by atoms with van der Waals surface area (Å²) in [4.78, 5) is 0. The molecule has 0 heterocycles. The van der Waals surface area contributed by atoms with Crippen LogP contribution in [0.3, 0.4) is 0 Å². The standard InChI is InChI=1S/C23H50O2Si2/c1-15-19(3)21(25-27(13,14)23(8,9)10)20(4)16-18(2)17-24-26(11,12)22(5,6)7/h15,18-21H,1,16-17H2,2-14H3/t18-,19+,20+,21+/m0/s1. The Morgan fingerprint density at radius 3 is 1.67 bits per heavy atom. The minimum atomic E-state index is -1.81. The van der Waals surface area contributed by atoms with E-state index in [1.165, 1.54) is 0 Å². The Labute approximate surface area is 173 Å². The van der Waals surface area contributed by atoms with Gasteiger partial charge in [0.05, 0.1) is 6.10 Å². The van der Waals surface area contributed by atoms with Crippen molar-refractivity contribution in [1.82, 2.24) is 0 Å². The summed E-state index contributed by atoms with van der Waals surface area (Å²) in [6.45, 7) is 35.1. The highest BCUT2D eigenvalue weighted by Crippen LogP contribution is 2.40. The maximum atomic E-state index is 6.85. The number of hydrogen-bond acceptors (Lipinski definition) is 2. The van der Waals surface area contributed by atoms with Crippen LogP contribution in [0, 0.1) is 17.8 Å². The van der Waals surface area contributed by atoms with Crippen LogP contribution in [0.4, 0.5) is 0 Å². The fourth-order valence-electron chi connectivity index (χ4n) is 2.80. The van der Waals surface area contributed by atoms with Crippen molar-refractivity contribution in [2.24, 2.45) is 17.8 Å². The highest BCUT2D eigenvalue weighted by Gasteiger charge is 2.41. The largest absolute Gasteiger partial charge is 0.417 e. The zero-order chi connectivity index (χ0) is 21.8. The normalized spacial score (nSPS) is 18.7. The molecule has 0 rings (SSSR count). The molecule has 4 atom stereocenters. The van der Waals surface area contributed by atoms with Gasteiger partial charge in [-0.05, 0) is 60.4 Å². The van der Waals surface area contributed by atoms with Crippen molar-refractivity contribution in [2.45, 2.75) is 111 Å². The molecule has 27 heavy (non-hydrogen) atoms. The summed E-state index contributed by atoms with van der Waals surface area (Å²) in [6.07, 6.45) is 3.43. The molecule has 2 nitrogen and oxygen atoms in total. The van der Waals surface area contributed by atoms with Crippen molar-refractivity contribution in [3.63, 3.8) is 0 Å². The fraction of sp³-hybridized carbons (Fsp3) is 0.913. The molecule has 0 spiro atoms. The van der Waals surface area contributed by atoms with Crippen molar-refractivity contribution in [3.05, 3.63) is 12.7 Å². The maximum Gasteiger partial charge on any atom is 0.192 e. The Bertz CT molecular complexity index is 458. The summed E-state index contributed by atoms with van der Waals surface area (Å²) in [5, 5.41) is 0.493. The zero-order valence-electron chi connectivity index (χ0n) is 20.8. The van der Waals surface area contributed by atoms with Crippen molar-refractivity contribution in [1.29, 1.82) is 0 Å². The van der Waals surface area contributed by atoms with Crippen LogP contribution >= 0.6 is 0 Å². The lowest BCUT2D eigenvalue weighted by Crippen LogP contribution is -2.47. The lowest BCUT2D eigenvalue weighted by atomic mass is 9.87. The highest BCUT2D eigenvalue weighted by molar-refractivity contribution is 6.74. The second-order valence-electron chi connectivity index (χ2n) is 11.8. The first-order valence-corrected chi connectivity index (χ1v) is 16.6. The van der Waals surface area contributed by atoms with Crippen LogP contribution in [0.15, 0.2) is 12.7 Å². The van der Waals surface area contributed by atoms with E-state index in [4.69, 9.17) is 8.85 Å². The summed E-state index contributed by atoms with van der Waals surface area (Å²) < 4.78 is 13.3. The average Bonchev–Trinajstić information content (AvgIpc) is 2.47. The second-order valence-corrected chi connectivity index (χ2v) is 21.4. The molecule has 0 N–H and O–H groups in total. The summed E-state index contributed by atoms with van der Waals surface area (Å²) in [5.41, 5.74) is 0. The van der Waals surface area contributed by atoms with Gasteiger partial charge in [0.1, 0.15) is 0 Å². The van der Waals surface area contributed by atoms with E-state index in [-0.39, 0.29) is 16.2 Å². The van der Waals surface area contributed by atoms with Crippen LogP contribution in [0.25, 0.3) is 0 Å². The van der Waals surface area contributed by atoms with Gasteiger partial charge in [0.15, 0.2) is 16.6 Å². The molecule has 0 aliphatic heterocycles. The molecular weight excluding hydrogens is 364 g/mol. The quantitative estimate of drug-likeness (QED) is 0.267. The molecule has 0 saturated heterocycles. The van der Waals surface area contributed by atoms with E-state index in [1.54, 1.807) is 0 Å². The van der Waals surface area contributed by atoms with Gasteiger partial charge in [0.25, 0.3) is 0 Å². The summed E-state index contributed by atoms with van der Waals surface area (Å²) >= 11 is 0. The van der Waals surface area contributed by atoms with Gasteiger partial charge in [-0.1, -0.05) is 68.4 Å². The second kappa shape index (κ2) is 9.73. The lowest BCUT2D eigenvalue weighted by Gasteiger charge is -2.43. The molecule has 4 heteroatoms. The van der Waals surface area contributed by atoms with E-state index in [1.807, 2.05) is 0 Å². The van der Waals surface area contributed by atoms with Crippen LogP contribution in [0.1, 0.15) is 68.7 Å². The third-order valence-electron chi connectivity index (χ3n) is 7.00. The molecule has 0 aromatic carbocycles. The molecule has 0 radical (unpaired) electrons. The third-order valence-corrected chi connectivity index (χ3v) is 16.0. The van der Waals surface area contributed by atoms with Gasteiger partial charge in [0.2, 0.25) is 0 Å². The first-order valence-electron chi connectivity index (χ1n) is 10.8. The van der Waals surface area contributed by atoms with Crippen molar-refractivity contribution >= 4 is 16.6 Å². The molecule has 0 aliphatic carbocycles. The lowest BCUT2D eigenvalue weighted by molar-refractivity contribution is 0.0752. The molecule has 0 unspecified atom stereocenters. The monoisotopic (exact) mass is 414 g/mol. The molecule has 0 aromatic rings. The average molecular weight is 415 g/mol. The van der Waals surface area contributed by atoms with Crippen LogP contribution in [-0.4, -0.2) is 29.3 Å². The predicted octanol–water partition coefficient (Wildman–Crippen LogP) is 7.88. The van der Waals surface area contributed by atoms with Gasteiger partial charge in [-0.15, -0.1) is 6.58 Å². The SMILES string of the molecule is C=C[C@@H](C)[C@@H](O[Si](C)(C)C(C)(C)C)[C@H](C)C[C@H](C)CO[Si](C)(C)C(C)(C)C. The summed E-state index contributed by atoms with van der Waals surface area (Å²) in [7, 11) is -3.48. The van der Waals surface area contributed by atoms with Crippen molar-refractivity contribution in [3.8, 4) is 0 Å². The molecule has 0 amide bonds. The fourth-order valence-corrected chi connectivity index (χ4v) is 5.41. The van der Waals surface area contributed by atoms with Crippen LogP contribution in [0.2, 0.25) is 36.3 Å². The minimum absolute atomic E-state index is 0.225. The highest BCUT2D eigenvalue weighted by atomic mass is 28.4. The van der Waals surface area contributed by atoms with E-state index < -0.39 is 16.6 Å². The van der Waals surface area contributed by atoms with Crippen molar-refractivity contribution < 1.29 is 8.85 Å². The first-order chi connectivity index (χ1) is 11.9. The minimum Gasteiger partial charge on any atom is -0.417 e. The first kappa shape index (κ1) is 27.1. The van der Waals surface area contributed by atoms with E-state index in [2.05, 4.69) is 101 Å². The molecule has 0 saturated carbocycles. The van der Waals surface area contributed by atoms with Crippen LogP contribution < -0.4 is 0 Å². The van der Waals surface area contributed by atoms with Crippen LogP contribution in [-0.2, 0) is 8.85 Å². The van der Waals surface area contributed by atoms with E-state index in [0.717, 1.165) is 13.0 Å². The van der Waals surface area contributed by atoms with Gasteiger partial charge < -0.3 is 8.85 Å². The third kappa shape index (κ3) is 8.16. The summed E-state index contributed by atoms with van der Waals surface area (Å²) in [6, 6.07) is 0. The Morgan fingerprint density at radius 2 is 1.30 bits per heavy atom. The molecule has 0 aromatic heterocycles. The van der Waals surface area contributed by atoms with E-state index in [9.17, 15) is 0 Å². The molecular formula is C23H50O2Si2. The molecule has 0 bridgehead atoms. The maximum absolute atomic E-state index is 6.85. The predicted molar refractivity (Wildman–Crippen MR) is 128 cm³/mol. The van der Waals surface area contributed by atoms with Gasteiger partial charge in [-0.3, -0.25) is 0 Å².